The molecule has 5 heterocycles. The predicted molar refractivity (Wildman–Crippen MR) is 164 cm³/mol. The Morgan fingerprint density at radius 3 is 2.44 bits per heavy atom. The summed E-state index contributed by atoms with van der Waals surface area (Å²) in [5.41, 5.74) is 4.56. The molecule has 0 aromatic carbocycles. The first-order valence-electron chi connectivity index (χ1n) is 14.7. The van der Waals surface area contributed by atoms with Crippen LogP contribution in [0.5, 0.6) is 0 Å². The normalized spacial score (nSPS) is 16.1. The van der Waals surface area contributed by atoms with Gasteiger partial charge in [0.05, 0.1) is 29.1 Å². The molecule has 2 fully saturated rings. The van der Waals surface area contributed by atoms with Gasteiger partial charge in [-0.05, 0) is 51.8 Å². The fourth-order valence-electron chi connectivity index (χ4n) is 5.44. The number of carbonyl (C=O) groups excluding carboxylic acids is 1. The molecule has 6 rings (SSSR count). The van der Waals surface area contributed by atoms with Gasteiger partial charge in [-0.2, -0.15) is 15.5 Å². The van der Waals surface area contributed by atoms with Crippen molar-refractivity contribution in [3.8, 4) is 40.2 Å². The second kappa shape index (κ2) is 11.2. The van der Waals surface area contributed by atoms with Crippen LogP contribution in [0.2, 0.25) is 0 Å². The molecule has 10 heteroatoms. The molecule has 1 aliphatic heterocycles. The van der Waals surface area contributed by atoms with E-state index in [4.69, 9.17) is 9.72 Å². The summed E-state index contributed by atoms with van der Waals surface area (Å²) >= 11 is 0. The van der Waals surface area contributed by atoms with E-state index in [-0.39, 0.29) is 16.9 Å². The van der Waals surface area contributed by atoms with Gasteiger partial charge in [0.25, 0.3) is 0 Å². The Morgan fingerprint density at radius 2 is 1.81 bits per heavy atom. The zero-order valence-corrected chi connectivity index (χ0v) is 25.2. The number of carbonyl (C=O) groups is 1. The maximum atomic E-state index is 13.1. The minimum absolute atomic E-state index is 0.173. The molecule has 1 aliphatic carbocycles. The summed E-state index contributed by atoms with van der Waals surface area (Å²) in [6.45, 7) is 9.20. The number of nitrogens with zero attached hydrogens (tertiary/aromatic N) is 8. The molecule has 2 aliphatic rings. The highest BCUT2D eigenvalue weighted by Crippen LogP contribution is 2.48. The second-order valence-corrected chi connectivity index (χ2v) is 12.4. The third-order valence-corrected chi connectivity index (χ3v) is 8.06. The maximum Gasteiger partial charge on any atom is 0.224 e. The van der Waals surface area contributed by atoms with E-state index in [0.717, 1.165) is 59.5 Å². The number of fused-ring (bicyclic) bond motifs is 1. The number of hydrogen-bond acceptors (Lipinski definition) is 7. The number of ether oxygens (including phenoxy) is 1. The van der Waals surface area contributed by atoms with Crippen molar-refractivity contribution in [2.45, 2.75) is 45.6 Å². The average Bonchev–Trinajstić information content (AvgIpc) is 3.40. The van der Waals surface area contributed by atoms with Crippen LogP contribution in [-0.4, -0.2) is 73.6 Å². The van der Waals surface area contributed by atoms with Crippen LogP contribution in [0, 0.1) is 28.6 Å². The number of anilines is 1. The molecule has 43 heavy (non-hydrogen) atoms. The van der Waals surface area contributed by atoms with Crippen LogP contribution in [0.15, 0.2) is 49.2 Å². The van der Waals surface area contributed by atoms with E-state index < -0.39 is 0 Å². The number of hydrogen-bond donors (Lipinski definition) is 0. The lowest BCUT2D eigenvalue weighted by Crippen LogP contribution is -2.49. The summed E-state index contributed by atoms with van der Waals surface area (Å²) in [6.07, 6.45) is 11.6. The lowest BCUT2D eigenvalue weighted by atomic mass is 10.0. The van der Waals surface area contributed by atoms with Crippen molar-refractivity contribution in [1.82, 2.24) is 29.3 Å². The molecule has 220 valence electrons. The molecule has 0 atom stereocenters. The summed E-state index contributed by atoms with van der Waals surface area (Å²) in [5.74, 6) is 7.51. The first-order valence-corrected chi connectivity index (χ1v) is 14.7. The van der Waals surface area contributed by atoms with E-state index in [1.807, 2.05) is 69.6 Å². The third-order valence-electron chi connectivity index (χ3n) is 8.06. The molecule has 0 radical (unpaired) electrons. The second-order valence-electron chi connectivity index (χ2n) is 12.4. The number of rotatable bonds is 6. The van der Waals surface area contributed by atoms with Gasteiger partial charge in [-0.3, -0.25) is 9.48 Å². The largest absolute Gasteiger partial charge is 0.363 e. The quantitative estimate of drug-likeness (QED) is 0.315. The van der Waals surface area contributed by atoms with Gasteiger partial charge >= 0.3 is 0 Å². The fourth-order valence-corrected chi connectivity index (χ4v) is 5.44. The van der Waals surface area contributed by atoms with Gasteiger partial charge in [-0.15, -0.1) is 0 Å². The van der Waals surface area contributed by atoms with Crippen molar-refractivity contribution >= 4 is 17.2 Å². The number of piperazine rings is 1. The summed E-state index contributed by atoms with van der Waals surface area (Å²) in [6, 6.07) is 8.37. The number of nitriles is 1. The Balaban J connectivity index is 1.12. The van der Waals surface area contributed by atoms with Gasteiger partial charge in [0.15, 0.2) is 0 Å². The van der Waals surface area contributed by atoms with Crippen LogP contribution in [0.4, 0.5) is 5.82 Å². The number of pyridine rings is 2. The molecule has 4 aromatic rings. The molecule has 0 spiro atoms. The number of aromatic nitrogens is 5. The van der Waals surface area contributed by atoms with Gasteiger partial charge in [0.2, 0.25) is 5.91 Å². The number of amides is 1. The van der Waals surface area contributed by atoms with Crippen LogP contribution in [-0.2, 0) is 16.6 Å². The van der Waals surface area contributed by atoms with Crippen molar-refractivity contribution < 1.29 is 9.53 Å². The van der Waals surface area contributed by atoms with Crippen LogP contribution >= 0.6 is 0 Å². The number of aryl methyl sites for hydroxylation is 1. The summed E-state index contributed by atoms with van der Waals surface area (Å²) < 4.78 is 9.22. The van der Waals surface area contributed by atoms with Crippen molar-refractivity contribution in [3.05, 3.63) is 54.7 Å². The van der Waals surface area contributed by atoms with E-state index >= 15 is 0 Å². The molecule has 4 aromatic heterocycles. The Bertz CT molecular complexity index is 1750. The zero-order valence-electron chi connectivity index (χ0n) is 25.2. The highest BCUT2D eigenvalue weighted by Gasteiger charge is 2.44. The topological polar surface area (TPSA) is 105 Å². The van der Waals surface area contributed by atoms with E-state index in [0.29, 0.717) is 31.7 Å². The lowest BCUT2D eigenvalue weighted by Gasteiger charge is -2.36. The molecule has 0 N–H and O–H groups in total. The SMILES string of the molecule is Cn1cc(-c2cc(-c3ccc(N4CCN(C(=O)CC5(C#CCOC(C)(C)C)CC5)CC4)nc3)c3c(C#N)cnn3c2)cn1. The smallest absolute Gasteiger partial charge is 0.224 e. The van der Waals surface area contributed by atoms with Gasteiger partial charge in [-0.25, -0.2) is 9.50 Å². The van der Waals surface area contributed by atoms with Crippen molar-refractivity contribution in [2.24, 2.45) is 12.5 Å². The summed E-state index contributed by atoms with van der Waals surface area (Å²) in [5, 5.41) is 18.5. The van der Waals surface area contributed by atoms with Gasteiger partial charge in [0, 0.05) is 85.9 Å². The minimum atomic E-state index is -0.213. The first kappa shape index (κ1) is 28.4. The Labute approximate surface area is 251 Å². The van der Waals surface area contributed by atoms with Crippen molar-refractivity contribution in [3.63, 3.8) is 0 Å². The Hall–Kier alpha value is -4.67. The van der Waals surface area contributed by atoms with E-state index in [1.165, 1.54) is 0 Å². The predicted octanol–water partition coefficient (Wildman–Crippen LogP) is 4.31. The highest BCUT2D eigenvalue weighted by atomic mass is 16.5. The third kappa shape index (κ3) is 6.25. The molecule has 0 bridgehead atoms. The molecule has 0 unspecified atom stereocenters. The molecule has 1 saturated heterocycles. The van der Waals surface area contributed by atoms with E-state index in [2.05, 4.69) is 39.1 Å². The van der Waals surface area contributed by atoms with Gasteiger partial charge in [0.1, 0.15) is 18.5 Å². The minimum Gasteiger partial charge on any atom is -0.363 e. The van der Waals surface area contributed by atoms with Gasteiger partial charge in [-0.1, -0.05) is 11.8 Å². The van der Waals surface area contributed by atoms with E-state index in [1.54, 1.807) is 15.4 Å². The van der Waals surface area contributed by atoms with Crippen LogP contribution < -0.4 is 4.90 Å². The molecule has 1 saturated carbocycles. The molecular formula is C33H36N8O2. The average molecular weight is 577 g/mol. The standard InChI is InChI=1S/C33H36N8O2/c1-32(2,3)43-15-5-8-33(9-10-33)17-30(42)40-13-11-39(12-14-40)29-7-6-24(19-35-29)28-16-25(27-21-36-38(4)22-27)23-41-31(28)26(18-34)20-37-41/h6-7,16,19-23H,9-15,17H2,1-4H3. The monoisotopic (exact) mass is 576 g/mol. The fraction of sp³-hybridized carbons (Fsp3) is 0.424. The highest BCUT2D eigenvalue weighted by molar-refractivity contribution is 5.87. The molecule has 10 nitrogen and oxygen atoms in total. The maximum absolute atomic E-state index is 13.1. The summed E-state index contributed by atoms with van der Waals surface area (Å²) in [4.78, 5) is 22.1. The van der Waals surface area contributed by atoms with Crippen LogP contribution in [0.1, 0.15) is 45.6 Å². The van der Waals surface area contributed by atoms with E-state index in [9.17, 15) is 10.1 Å². The van der Waals surface area contributed by atoms with Crippen molar-refractivity contribution in [1.29, 1.82) is 5.26 Å². The first-order chi connectivity index (χ1) is 20.6. The molecular weight excluding hydrogens is 540 g/mol. The lowest BCUT2D eigenvalue weighted by molar-refractivity contribution is -0.132. The van der Waals surface area contributed by atoms with Crippen molar-refractivity contribution in [2.75, 3.05) is 37.7 Å². The van der Waals surface area contributed by atoms with Crippen LogP contribution in [0.3, 0.4) is 0 Å². The zero-order chi connectivity index (χ0) is 30.2. The Kier molecular flexibility index (Phi) is 7.41. The Morgan fingerprint density at radius 1 is 1.02 bits per heavy atom. The summed E-state index contributed by atoms with van der Waals surface area (Å²) in [7, 11) is 1.88. The van der Waals surface area contributed by atoms with Crippen LogP contribution in [0.25, 0.3) is 27.8 Å². The molecule has 1 amide bonds. The van der Waals surface area contributed by atoms with Gasteiger partial charge < -0.3 is 14.5 Å².